The van der Waals surface area contributed by atoms with E-state index in [-0.39, 0.29) is 34.1 Å². The highest BCUT2D eigenvalue weighted by molar-refractivity contribution is 8.01. The van der Waals surface area contributed by atoms with E-state index in [0.29, 0.717) is 29.3 Å². The Bertz CT molecular complexity index is 1340. The lowest BCUT2D eigenvalue weighted by Crippen LogP contribution is -2.71. The minimum Gasteiger partial charge on any atom is -0.477 e. The number of carboxylic acid groups (broad SMARTS) is 1. The molecule has 1 fully saturated rings. The highest BCUT2D eigenvalue weighted by Gasteiger charge is 2.54. The molecule has 4 N–H and O–H groups in total. The van der Waals surface area contributed by atoms with E-state index in [1.165, 1.54) is 33.8 Å². The van der Waals surface area contributed by atoms with Crippen molar-refractivity contribution in [3.05, 3.63) is 34.5 Å². The third-order valence-corrected chi connectivity index (χ3v) is 8.67. The van der Waals surface area contributed by atoms with E-state index < -0.39 is 29.2 Å². The third kappa shape index (κ3) is 5.27. The molecule has 2 unspecified atom stereocenters. The van der Waals surface area contributed by atoms with Crippen LogP contribution in [0.4, 0.5) is 5.13 Å². The second-order valence-electron chi connectivity index (χ2n) is 7.99. The number of nitrogens with zero attached hydrogens (tertiary/aromatic N) is 6. The molecule has 3 atom stereocenters. The van der Waals surface area contributed by atoms with Gasteiger partial charge in [0.05, 0.1) is 0 Å². The molecule has 1 saturated heterocycles. The van der Waals surface area contributed by atoms with Crippen molar-refractivity contribution in [1.29, 1.82) is 0 Å². The van der Waals surface area contributed by atoms with Gasteiger partial charge in [0.2, 0.25) is 11.6 Å². The lowest BCUT2D eigenvalue weighted by molar-refractivity contribution is -0.150. The SMILES string of the molecule is O=CNc1nc(/C(=N/OC2C=CCC2)C(=O)NC2C(=O)N3C(C(=O)O)=C(CSc4nn[nH]n4)CS[C@H]23)cs1. The maximum absolute atomic E-state index is 13.3. The Balaban J connectivity index is 1.31. The molecular weight excluding hydrogens is 558 g/mol. The van der Waals surface area contributed by atoms with Gasteiger partial charge in [0, 0.05) is 16.9 Å². The molecule has 0 spiro atoms. The minimum absolute atomic E-state index is 0.116. The van der Waals surface area contributed by atoms with E-state index in [0.717, 1.165) is 17.8 Å². The van der Waals surface area contributed by atoms with E-state index in [1.54, 1.807) is 0 Å². The summed E-state index contributed by atoms with van der Waals surface area (Å²) in [5.74, 6) is -1.93. The molecule has 3 amide bonds. The Morgan fingerprint density at radius 3 is 3.00 bits per heavy atom. The van der Waals surface area contributed by atoms with Gasteiger partial charge in [0.15, 0.2) is 10.8 Å². The van der Waals surface area contributed by atoms with Gasteiger partial charge in [-0.15, -0.1) is 33.3 Å². The normalized spacial score (nSPS) is 22.6. The summed E-state index contributed by atoms with van der Waals surface area (Å²) in [5.41, 5.74) is 0.406. The summed E-state index contributed by atoms with van der Waals surface area (Å²) in [6.07, 6.45) is 5.47. The quantitative estimate of drug-likeness (QED) is 0.0706. The number of aromatic amines is 1. The zero-order chi connectivity index (χ0) is 26.6. The van der Waals surface area contributed by atoms with Crippen LogP contribution in [-0.2, 0) is 24.0 Å². The van der Waals surface area contributed by atoms with Crippen molar-refractivity contribution in [1.82, 2.24) is 35.8 Å². The number of thioether (sulfide) groups is 2. The molecule has 15 nitrogen and oxygen atoms in total. The van der Waals surface area contributed by atoms with E-state index in [1.807, 2.05) is 12.2 Å². The number of allylic oxidation sites excluding steroid dienone is 1. The van der Waals surface area contributed by atoms with Crippen LogP contribution in [0.15, 0.2) is 39.1 Å². The van der Waals surface area contributed by atoms with Crippen LogP contribution < -0.4 is 10.6 Å². The summed E-state index contributed by atoms with van der Waals surface area (Å²) in [6, 6.07) is -0.976. The zero-order valence-corrected chi connectivity index (χ0v) is 21.7. The van der Waals surface area contributed by atoms with Crippen molar-refractivity contribution in [3.63, 3.8) is 0 Å². The fourth-order valence-electron chi connectivity index (χ4n) is 3.89. The predicted molar refractivity (Wildman–Crippen MR) is 136 cm³/mol. The number of aromatic nitrogens is 5. The first-order chi connectivity index (χ1) is 18.5. The standard InChI is InChI=1S/C20H19N9O6S3/c30-8-21-19-22-11(7-38-19)12(26-35-10-3-1-2-4-10)15(31)23-13-16(32)29-14(18(33)34)9(5-36-17(13)29)6-37-20-24-27-28-25-20/h1,3,7-8,10,13,17H,2,4-6H2,(H,23,31)(H,33,34)(H,21,22,30)(H,24,25,27,28)/b26-12-/t10?,13?,17-/m1/s1. The molecule has 198 valence electrons. The molecule has 1 aliphatic carbocycles. The number of thiazole rings is 1. The smallest absolute Gasteiger partial charge is 0.352 e. The fraction of sp³-hybridized carbons (Fsp3) is 0.350. The number of oxime groups is 1. The highest BCUT2D eigenvalue weighted by Crippen LogP contribution is 2.41. The molecule has 0 radical (unpaired) electrons. The average molecular weight is 578 g/mol. The first-order valence-corrected chi connectivity index (χ1v) is 14.0. The summed E-state index contributed by atoms with van der Waals surface area (Å²) in [6.45, 7) is 0. The molecular formula is C20H19N9O6S3. The Hall–Kier alpha value is -3.77. The van der Waals surface area contributed by atoms with Crippen molar-refractivity contribution in [2.24, 2.45) is 5.16 Å². The van der Waals surface area contributed by atoms with Gasteiger partial charge in [-0.25, -0.2) is 9.78 Å². The summed E-state index contributed by atoms with van der Waals surface area (Å²) in [4.78, 5) is 60.0. The van der Waals surface area contributed by atoms with E-state index in [9.17, 15) is 24.3 Å². The number of nitrogens with one attached hydrogen (secondary N) is 3. The molecule has 0 bridgehead atoms. The number of anilines is 1. The van der Waals surface area contributed by atoms with Gasteiger partial charge in [-0.3, -0.25) is 19.3 Å². The second-order valence-corrected chi connectivity index (χ2v) is 10.9. The lowest BCUT2D eigenvalue weighted by atomic mass is 10.0. The number of carbonyl (C=O) groups is 4. The minimum atomic E-state index is -1.24. The number of tetrazole rings is 1. The molecule has 18 heteroatoms. The van der Waals surface area contributed by atoms with Crippen LogP contribution in [0.2, 0.25) is 0 Å². The topological polar surface area (TPSA) is 205 Å². The monoisotopic (exact) mass is 577 g/mol. The third-order valence-electron chi connectivity index (χ3n) is 5.63. The van der Waals surface area contributed by atoms with Gasteiger partial charge in [-0.2, -0.15) is 5.21 Å². The number of hydrogen-bond donors (Lipinski definition) is 4. The zero-order valence-electron chi connectivity index (χ0n) is 19.3. The average Bonchev–Trinajstić information content (AvgIpc) is 3.69. The second kappa shape index (κ2) is 11.3. The maximum Gasteiger partial charge on any atom is 0.352 e. The van der Waals surface area contributed by atoms with Gasteiger partial charge >= 0.3 is 5.97 Å². The number of rotatable bonds is 11. The van der Waals surface area contributed by atoms with Crippen LogP contribution >= 0.6 is 34.9 Å². The summed E-state index contributed by atoms with van der Waals surface area (Å²) in [5, 5.41) is 33.9. The first kappa shape index (κ1) is 25.9. The Morgan fingerprint density at radius 1 is 1.42 bits per heavy atom. The van der Waals surface area contributed by atoms with Crippen molar-refractivity contribution in [3.8, 4) is 0 Å². The molecule has 38 heavy (non-hydrogen) atoms. The molecule has 5 rings (SSSR count). The number of carboxylic acids is 1. The van der Waals surface area contributed by atoms with Gasteiger partial charge in [0.1, 0.15) is 28.9 Å². The van der Waals surface area contributed by atoms with Crippen molar-refractivity contribution >= 4 is 69.9 Å². The predicted octanol–water partition coefficient (Wildman–Crippen LogP) is 0.195. The lowest BCUT2D eigenvalue weighted by Gasteiger charge is -2.49. The van der Waals surface area contributed by atoms with Gasteiger partial charge in [0.25, 0.3) is 11.8 Å². The van der Waals surface area contributed by atoms with Crippen LogP contribution in [0.25, 0.3) is 0 Å². The van der Waals surface area contributed by atoms with E-state index >= 15 is 0 Å². The van der Waals surface area contributed by atoms with Crippen LogP contribution in [0.5, 0.6) is 0 Å². The number of β-lactam (4-membered cyclic amide) rings is 1. The summed E-state index contributed by atoms with van der Waals surface area (Å²) >= 11 is 3.62. The Morgan fingerprint density at radius 2 is 2.29 bits per heavy atom. The van der Waals surface area contributed by atoms with Crippen molar-refractivity contribution < 1.29 is 29.1 Å². The molecule has 0 saturated carbocycles. The van der Waals surface area contributed by atoms with Crippen LogP contribution in [-0.4, -0.2) is 94.5 Å². The van der Waals surface area contributed by atoms with Gasteiger partial charge < -0.3 is 20.6 Å². The maximum atomic E-state index is 13.3. The van der Waals surface area contributed by atoms with Crippen molar-refractivity contribution in [2.75, 3.05) is 16.8 Å². The Labute approximate surface area is 226 Å². The summed E-state index contributed by atoms with van der Waals surface area (Å²) in [7, 11) is 0. The fourth-order valence-corrected chi connectivity index (χ4v) is 6.76. The number of amides is 3. The van der Waals surface area contributed by atoms with Crippen molar-refractivity contribution in [2.45, 2.75) is 35.5 Å². The highest BCUT2D eigenvalue weighted by atomic mass is 32.2. The van der Waals surface area contributed by atoms with Crippen LogP contribution in [0, 0.1) is 0 Å². The molecule has 2 aromatic rings. The number of aliphatic carboxylic acids is 1. The molecule has 3 aliphatic rings. The van der Waals surface area contributed by atoms with Crippen LogP contribution in [0.3, 0.4) is 0 Å². The van der Waals surface area contributed by atoms with E-state index in [4.69, 9.17) is 4.84 Å². The summed E-state index contributed by atoms with van der Waals surface area (Å²) < 4.78 is 0. The number of hydrogen-bond acceptors (Lipinski definition) is 13. The largest absolute Gasteiger partial charge is 0.477 e. The molecule has 0 aromatic carbocycles. The van der Waals surface area contributed by atoms with E-state index in [2.05, 4.69) is 41.4 Å². The first-order valence-electron chi connectivity index (χ1n) is 11.1. The number of H-pyrrole nitrogens is 1. The number of fused-ring (bicyclic) bond motifs is 1. The molecule has 2 aliphatic heterocycles. The molecule has 4 heterocycles. The molecule has 2 aromatic heterocycles. The van der Waals surface area contributed by atoms with Crippen LogP contribution in [0.1, 0.15) is 18.5 Å². The number of carbonyl (C=O) groups excluding carboxylic acids is 3. The Kier molecular flexibility index (Phi) is 7.70. The van der Waals surface area contributed by atoms with Gasteiger partial charge in [-0.1, -0.05) is 23.0 Å². The van der Waals surface area contributed by atoms with Gasteiger partial charge in [-0.05, 0) is 29.7 Å².